The number of carbonyl (C=O) groups excluding carboxylic acids is 1. The zero-order chi connectivity index (χ0) is 14.5. The summed E-state index contributed by atoms with van der Waals surface area (Å²) in [5.74, 6) is -0.152. The fourth-order valence-electron chi connectivity index (χ4n) is 1.61. The largest absolute Gasteiger partial charge is 0.289 e. The number of carbonyl (C=O) groups is 1. The number of nitriles is 1. The van der Waals surface area contributed by atoms with Crippen LogP contribution in [0.5, 0.6) is 0 Å². The highest BCUT2D eigenvalue weighted by atomic mass is 35.5. The molecule has 20 heavy (non-hydrogen) atoms. The van der Waals surface area contributed by atoms with E-state index in [0.29, 0.717) is 21.2 Å². The number of rotatable bonds is 3. The molecule has 0 amide bonds. The van der Waals surface area contributed by atoms with Crippen molar-refractivity contribution in [2.45, 2.75) is 0 Å². The molecule has 0 bridgehead atoms. The average molecular weight is 302 g/mol. The molecule has 2 aromatic rings. The van der Waals surface area contributed by atoms with Gasteiger partial charge in [0.2, 0.25) is 0 Å². The number of benzene rings is 2. The molecule has 0 radical (unpaired) electrons. The maximum absolute atomic E-state index is 12.0. The normalized spacial score (nSPS) is 10.4. The van der Waals surface area contributed by atoms with Gasteiger partial charge in [-0.1, -0.05) is 29.3 Å². The molecule has 0 spiro atoms. The third-order valence-electron chi connectivity index (χ3n) is 2.68. The van der Waals surface area contributed by atoms with Crippen LogP contribution in [-0.4, -0.2) is 5.78 Å². The molecule has 0 saturated carbocycles. The van der Waals surface area contributed by atoms with Gasteiger partial charge in [0, 0.05) is 15.6 Å². The van der Waals surface area contributed by atoms with E-state index in [1.54, 1.807) is 48.5 Å². The van der Waals surface area contributed by atoms with E-state index in [-0.39, 0.29) is 5.78 Å². The lowest BCUT2D eigenvalue weighted by molar-refractivity contribution is 0.104. The van der Waals surface area contributed by atoms with E-state index in [2.05, 4.69) is 0 Å². The minimum atomic E-state index is -0.152. The van der Waals surface area contributed by atoms with Crippen molar-refractivity contribution in [2.24, 2.45) is 0 Å². The van der Waals surface area contributed by atoms with Gasteiger partial charge in [0.05, 0.1) is 11.6 Å². The van der Waals surface area contributed by atoms with Crippen LogP contribution in [0.2, 0.25) is 10.0 Å². The van der Waals surface area contributed by atoms with Gasteiger partial charge in [-0.15, -0.1) is 0 Å². The second-order valence-electron chi connectivity index (χ2n) is 4.05. The van der Waals surface area contributed by atoms with Gasteiger partial charge in [-0.3, -0.25) is 4.79 Å². The Morgan fingerprint density at radius 2 is 1.80 bits per heavy atom. The Morgan fingerprint density at radius 1 is 1.10 bits per heavy atom. The lowest BCUT2D eigenvalue weighted by atomic mass is 10.1. The topological polar surface area (TPSA) is 40.9 Å². The van der Waals surface area contributed by atoms with Gasteiger partial charge in [0.15, 0.2) is 5.78 Å². The third-order valence-corrected chi connectivity index (χ3v) is 3.24. The SMILES string of the molecule is N#Cc1ccc(C(=O)/C=C/c2ccc(Cl)cc2Cl)cc1. The molecule has 0 saturated heterocycles. The van der Waals surface area contributed by atoms with E-state index in [9.17, 15) is 4.79 Å². The average Bonchev–Trinajstić information content (AvgIpc) is 2.46. The quantitative estimate of drug-likeness (QED) is 0.606. The molecule has 0 atom stereocenters. The highest BCUT2D eigenvalue weighted by Crippen LogP contribution is 2.22. The third kappa shape index (κ3) is 3.48. The van der Waals surface area contributed by atoms with Crippen LogP contribution in [-0.2, 0) is 0 Å². The van der Waals surface area contributed by atoms with E-state index < -0.39 is 0 Å². The van der Waals surface area contributed by atoms with Crippen molar-refractivity contribution in [3.63, 3.8) is 0 Å². The van der Waals surface area contributed by atoms with Crippen molar-refractivity contribution < 1.29 is 4.79 Å². The molecule has 0 aromatic heterocycles. The Balaban J connectivity index is 2.18. The van der Waals surface area contributed by atoms with Gasteiger partial charge in [0.1, 0.15) is 0 Å². The molecule has 0 aliphatic rings. The summed E-state index contributed by atoms with van der Waals surface area (Å²) >= 11 is 11.8. The molecule has 4 heteroatoms. The first-order valence-electron chi connectivity index (χ1n) is 5.78. The second kappa shape index (κ2) is 6.38. The summed E-state index contributed by atoms with van der Waals surface area (Å²) < 4.78 is 0. The van der Waals surface area contributed by atoms with Crippen molar-refractivity contribution in [2.75, 3.05) is 0 Å². The predicted molar refractivity (Wildman–Crippen MR) is 81.0 cm³/mol. The van der Waals surface area contributed by atoms with Crippen LogP contribution in [0.3, 0.4) is 0 Å². The Morgan fingerprint density at radius 3 is 2.40 bits per heavy atom. The Kier molecular flexibility index (Phi) is 4.57. The number of hydrogen-bond acceptors (Lipinski definition) is 2. The number of halogens is 2. The zero-order valence-corrected chi connectivity index (χ0v) is 11.8. The molecular formula is C16H9Cl2NO. The number of hydrogen-bond donors (Lipinski definition) is 0. The van der Waals surface area contributed by atoms with Gasteiger partial charge in [-0.2, -0.15) is 5.26 Å². The molecule has 0 unspecified atom stereocenters. The maximum Gasteiger partial charge on any atom is 0.185 e. The molecule has 0 fully saturated rings. The number of nitrogens with zero attached hydrogens (tertiary/aromatic N) is 1. The maximum atomic E-state index is 12.0. The zero-order valence-electron chi connectivity index (χ0n) is 10.3. The lowest BCUT2D eigenvalue weighted by Crippen LogP contribution is -1.93. The fourth-order valence-corrected chi connectivity index (χ4v) is 2.08. The molecule has 98 valence electrons. The summed E-state index contributed by atoms with van der Waals surface area (Å²) in [6, 6.07) is 13.5. The molecule has 0 aliphatic carbocycles. The Hall–Kier alpha value is -2.08. The predicted octanol–water partition coefficient (Wildman–Crippen LogP) is 4.76. The van der Waals surface area contributed by atoms with Crippen molar-refractivity contribution in [3.8, 4) is 6.07 Å². The van der Waals surface area contributed by atoms with E-state index >= 15 is 0 Å². The van der Waals surface area contributed by atoms with Crippen molar-refractivity contribution >= 4 is 35.1 Å². The Bertz CT molecular complexity index is 712. The minimum Gasteiger partial charge on any atom is -0.289 e. The van der Waals surface area contributed by atoms with Gasteiger partial charge < -0.3 is 0 Å². The number of allylic oxidation sites excluding steroid dienone is 1. The van der Waals surface area contributed by atoms with E-state index in [4.69, 9.17) is 28.5 Å². The molecule has 0 aliphatic heterocycles. The molecular weight excluding hydrogens is 293 g/mol. The molecule has 0 heterocycles. The summed E-state index contributed by atoms with van der Waals surface area (Å²) in [7, 11) is 0. The second-order valence-corrected chi connectivity index (χ2v) is 4.90. The van der Waals surface area contributed by atoms with Crippen molar-refractivity contribution in [1.82, 2.24) is 0 Å². The first-order chi connectivity index (χ1) is 9.60. The van der Waals surface area contributed by atoms with Crippen LogP contribution in [0.1, 0.15) is 21.5 Å². The fraction of sp³-hybridized carbons (Fsp3) is 0. The van der Waals surface area contributed by atoms with Crippen LogP contribution in [0, 0.1) is 11.3 Å². The summed E-state index contributed by atoms with van der Waals surface area (Å²) in [5, 5.41) is 9.73. The number of ketones is 1. The standard InChI is InChI=1S/C16H9Cl2NO/c17-14-7-5-12(15(18)9-14)6-8-16(20)13-3-1-11(10-19)2-4-13/h1-9H/b8-6+. The highest BCUT2D eigenvalue weighted by Gasteiger charge is 2.03. The lowest BCUT2D eigenvalue weighted by Gasteiger charge is -1.99. The monoisotopic (exact) mass is 301 g/mol. The Labute approximate surface area is 126 Å². The molecule has 2 nitrogen and oxygen atoms in total. The summed E-state index contributed by atoms with van der Waals surface area (Å²) in [6.45, 7) is 0. The van der Waals surface area contributed by atoms with Crippen LogP contribution >= 0.6 is 23.2 Å². The van der Waals surface area contributed by atoms with Crippen molar-refractivity contribution in [1.29, 1.82) is 5.26 Å². The molecule has 2 rings (SSSR count). The van der Waals surface area contributed by atoms with Gasteiger partial charge in [-0.05, 0) is 54.1 Å². The van der Waals surface area contributed by atoms with Crippen LogP contribution < -0.4 is 0 Å². The van der Waals surface area contributed by atoms with Gasteiger partial charge in [-0.25, -0.2) is 0 Å². The van der Waals surface area contributed by atoms with Crippen LogP contribution in [0.25, 0.3) is 6.08 Å². The van der Waals surface area contributed by atoms with E-state index in [1.807, 2.05) is 6.07 Å². The smallest absolute Gasteiger partial charge is 0.185 e. The van der Waals surface area contributed by atoms with Crippen LogP contribution in [0.15, 0.2) is 48.5 Å². The first-order valence-corrected chi connectivity index (χ1v) is 6.53. The molecule has 0 N–H and O–H groups in total. The first kappa shape index (κ1) is 14.3. The van der Waals surface area contributed by atoms with Crippen LogP contribution in [0.4, 0.5) is 0 Å². The summed E-state index contributed by atoms with van der Waals surface area (Å²) in [4.78, 5) is 12.0. The summed E-state index contributed by atoms with van der Waals surface area (Å²) in [5.41, 5.74) is 1.76. The minimum absolute atomic E-state index is 0.152. The molecule has 2 aromatic carbocycles. The van der Waals surface area contributed by atoms with Gasteiger partial charge in [0.25, 0.3) is 0 Å². The van der Waals surface area contributed by atoms with E-state index in [0.717, 1.165) is 5.56 Å². The van der Waals surface area contributed by atoms with E-state index in [1.165, 1.54) is 6.08 Å². The van der Waals surface area contributed by atoms with Crippen molar-refractivity contribution in [3.05, 3.63) is 75.3 Å². The summed E-state index contributed by atoms with van der Waals surface area (Å²) in [6.07, 6.45) is 3.08. The van der Waals surface area contributed by atoms with Gasteiger partial charge >= 0.3 is 0 Å². The highest BCUT2D eigenvalue weighted by molar-refractivity contribution is 6.35.